The van der Waals surface area contributed by atoms with Crippen LogP contribution in [0.4, 0.5) is 5.00 Å². The van der Waals surface area contributed by atoms with Gasteiger partial charge in [0.25, 0.3) is 5.91 Å². The van der Waals surface area contributed by atoms with Crippen molar-refractivity contribution in [3.63, 3.8) is 0 Å². The highest BCUT2D eigenvalue weighted by molar-refractivity contribution is 7.16. The van der Waals surface area contributed by atoms with E-state index in [0.717, 1.165) is 47.2 Å². The Bertz CT molecular complexity index is 1520. The third-order valence-corrected chi connectivity index (χ3v) is 9.22. The fourth-order valence-electron chi connectivity index (χ4n) is 5.84. The van der Waals surface area contributed by atoms with Gasteiger partial charge in [0, 0.05) is 48.2 Å². The van der Waals surface area contributed by atoms with Crippen LogP contribution in [0.2, 0.25) is 0 Å². The van der Waals surface area contributed by atoms with E-state index in [-0.39, 0.29) is 18.2 Å². The van der Waals surface area contributed by atoms with Crippen LogP contribution in [0.25, 0.3) is 10.9 Å². The number of carboxylic acid groups (broad SMARTS) is 1. The number of carboxylic acids is 1. The van der Waals surface area contributed by atoms with Crippen LogP contribution in [0.5, 0.6) is 0 Å². The first-order valence-electron chi connectivity index (χ1n) is 13.9. The number of rotatable bonds is 8. The second-order valence-electron chi connectivity index (χ2n) is 10.6. The molecule has 9 heteroatoms. The topological polar surface area (TPSA) is 95.8 Å². The maximum Gasteiger partial charge on any atom is 0.338 e. The number of ether oxygens (including phenoxy) is 1. The summed E-state index contributed by atoms with van der Waals surface area (Å²) < 4.78 is 7.95. The summed E-state index contributed by atoms with van der Waals surface area (Å²) in [6.07, 6.45) is 5.37. The first-order chi connectivity index (χ1) is 19.5. The Morgan fingerprint density at radius 2 is 1.90 bits per heavy atom. The maximum atomic E-state index is 13.6. The Hall–Kier alpha value is -3.66. The van der Waals surface area contributed by atoms with E-state index < -0.39 is 5.97 Å². The molecule has 1 fully saturated rings. The summed E-state index contributed by atoms with van der Waals surface area (Å²) in [6.45, 7) is 2.47. The highest BCUT2D eigenvalue weighted by Gasteiger charge is 2.34. The van der Waals surface area contributed by atoms with E-state index in [1.165, 1.54) is 16.9 Å². The Labute approximate surface area is 237 Å². The fraction of sp³-hybridized carbons (Fsp3) is 0.355. The van der Waals surface area contributed by atoms with E-state index in [4.69, 9.17) is 4.74 Å². The van der Waals surface area contributed by atoms with Gasteiger partial charge in [0.15, 0.2) is 0 Å². The number of benzene rings is 2. The van der Waals surface area contributed by atoms with E-state index in [2.05, 4.69) is 32.2 Å². The molecule has 8 nitrogen and oxygen atoms in total. The van der Waals surface area contributed by atoms with Crippen molar-refractivity contribution in [2.45, 2.75) is 44.5 Å². The highest BCUT2D eigenvalue weighted by atomic mass is 32.1. The van der Waals surface area contributed by atoms with Crippen LogP contribution in [0.15, 0.2) is 60.8 Å². The largest absolute Gasteiger partial charge is 0.478 e. The number of aromatic nitrogens is 1. The quantitative estimate of drug-likeness (QED) is 0.270. The molecule has 3 N–H and O–H groups in total. The zero-order valence-corrected chi connectivity index (χ0v) is 23.4. The van der Waals surface area contributed by atoms with Crippen molar-refractivity contribution in [2.24, 2.45) is 0 Å². The van der Waals surface area contributed by atoms with Crippen molar-refractivity contribution in [2.75, 3.05) is 32.1 Å². The Morgan fingerprint density at radius 3 is 2.67 bits per heavy atom. The third-order valence-electron chi connectivity index (χ3n) is 7.96. The predicted octanol–water partition coefficient (Wildman–Crippen LogP) is 5.35. The molecule has 0 radical (unpaired) electrons. The molecule has 2 aromatic heterocycles. The number of nitrogens with one attached hydrogen (secondary N) is 2. The molecule has 208 valence electrons. The number of amides is 1. The number of likely N-dealkylation sites (N-methyl/N-ethyl adjacent to an activating group) is 1. The van der Waals surface area contributed by atoms with E-state index in [1.807, 2.05) is 55.7 Å². The summed E-state index contributed by atoms with van der Waals surface area (Å²) in [5.41, 5.74) is 4.04. The van der Waals surface area contributed by atoms with Gasteiger partial charge in [0.2, 0.25) is 0 Å². The van der Waals surface area contributed by atoms with Gasteiger partial charge in [-0.2, -0.15) is 0 Å². The van der Waals surface area contributed by atoms with E-state index in [1.54, 1.807) is 0 Å². The van der Waals surface area contributed by atoms with Crippen molar-refractivity contribution in [1.29, 1.82) is 0 Å². The van der Waals surface area contributed by atoms with Crippen LogP contribution in [0.1, 0.15) is 62.0 Å². The van der Waals surface area contributed by atoms with Crippen molar-refractivity contribution >= 4 is 39.1 Å². The van der Waals surface area contributed by atoms with Crippen LogP contribution in [0, 0.1) is 0 Å². The molecule has 0 aliphatic carbocycles. The average molecular weight is 559 g/mol. The van der Waals surface area contributed by atoms with Crippen LogP contribution >= 0.6 is 11.3 Å². The number of aromatic carboxylic acids is 1. The molecule has 6 rings (SSSR count). The van der Waals surface area contributed by atoms with Gasteiger partial charge in [-0.25, -0.2) is 4.79 Å². The smallest absolute Gasteiger partial charge is 0.338 e. The normalized spacial score (nSPS) is 19.3. The third kappa shape index (κ3) is 5.24. The molecule has 1 saturated heterocycles. The molecule has 40 heavy (non-hydrogen) atoms. The number of hydrogen-bond donors (Lipinski definition) is 3. The lowest BCUT2D eigenvalue weighted by molar-refractivity contribution is 0.0344. The summed E-state index contributed by atoms with van der Waals surface area (Å²) in [7, 11) is 2.03. The van der Waals surface area contributed by atoms with Crippen LogP contribution in [-0.4, -0.2) is 59.4 Å². The lowest BCUT2D eigenvalue weighted by Gasteiger charge is -2.32. The number of para-hydroxylation sites is 1. The number of carbonyl (C=O) groups is 2. The van der Waals surface area contributed by atoms with Crippen molar-refractivity contribution in [3.8, 4) is 0 Å². The fourth-order valence-corrected chi connectivity index (χ4v) is 7.29. The monoisotopic (exact) mass is 558 g/mol. The minimum Gasteiger partial charge on any atom is -0.478 e. The van der Waals surface area contributed by atoms with Gasteiger partial charge in [0.05, 0.1) is 17.2 Å². The molecule has 2 aromatic carbocycles. The van der Waals surface area contributed by atoms with Gasteiger partial charge in [-0.15, -0.1) is 11.3 Å². The average Bonchev–Trinajstić information content (AvgIpc) is 3.52. The van der Waals surface area contributed by atoms with Gasteiger partial charge in [-0.3, -0.25) is 9.69 Å². The number of carbonyl (C=O) groups excluding carboxylic acids is 1. The molecule has 0 saturated carbocycles. The lowest BCUT2D eigenvalue weighted by atomic mass is 9.97. The Morgan fingerprint density at radius 1 is 1.10 bits per heavy atom. The van der Waals surface area contributed by atoms with E-state index in [9.17, 15) is 14.7 Å². The highest BCUT2D eigenvalue weighted by Crippen LogP contribution is 2.42. The van der Waals surface area contributed by atoms with E-state index >= 15 is 0 Å². The van der Waals surface area contributed by atoms with Crippen LogP contribution in [0.3, 0.4) is 0 Å². The molecule has 2 aliphatic heterocycles. The zero-order chi connectivity index (χ0) is 27.6. The van der Waals surface area contributed by atoms with Crippen molar-refractivity contribution in [3.05, 3.63) is 87.9 Å². The van der Waals surface area contributed by atoms with Gasteiger partial charge >= 0.3 is 5.97 Å². The Balaban J connectivity index is 1.24. The molecule has 0 bridgehead atoms. The standard InChI is InChI=1S/C31H34N4O4S/c1-34-15-14-22-27(31(37)38)30(33-26-13-7-8-16-39-26)40-28(22)25(34)17-32-29(36)23-19-35(18-20-9-3-2-4-10-20)24-12-6-5-11-21(23)24/h2-6,9-12,19,25-26,33H,7-8,13-18H2,1H3,(H,32,36)(H,37,38). The zero-order valence-electron chi connectivity index (χ0n) is 22.6. The number of thiophene rings is 1. The van der Waals surface area contributed by atoms with Crippen LogP contribution in [-0.2, 0) is 17.7 Å². The molecule has 2 unspecified atom stereocenters. The number of hydrogen-bond acceptors (Lipinski definition) is 6. The first kappa shape index (κ1) is 26.6. The molecule has 2 atom stereocenters. The van der Waals surface area contributed by atoms with Gasteiger partial charge in [-0.05, 0) is 49.9 Å². The second-order valence-corrected chi connectivity index (χ2v) is 11.6. The SMILES string of the molecule is CN1CCc2c(sc(NC3CCCCO3)c2C(=O)O)C1CNC(=O)c1cn(Cc2ccccc2)c2ccccc12. The molecule has 0 spiro atoms. The molecular formula is C31H34N4O4S. The van der Waals surface area contributed by atoms with E-state index in [0.29, 0.717) is 42.2 Å². The summed E-state index contributed by atoms with van der Waals surface area (Å²) in [6, 6.07) is 18.1. The summed E-state index contributed by atoms with van der Waals surface area (Å²) >= 11 is 1.48. The molecule has 4 heterocycles. The van der Waals surface area contributed by atoms with Crippen molar-refractivity contribution < 1.29 is 19.4 Å². The first-order valence-corrected chi connectivity index (χ1v) is 14.7. The van der Waals surface area contributed by atoms with Crippen molar-refractivity contribution in [1.82, 2.24) is 14.8 Å². The lowest BCUT2D eigenvalue weighted by Crippen LogP contribution is -2.39. The minimum atomic E-state index is -0.922. The molecule has 4 aromatic rings. The number of anilines is 1. The molecule has 1 amide bonds. The predicted molar refractivity (Wildman–Crippen MR) is 157 cm³/mol. The maximum absolute atomic E-state index is 13.6. The van der Waals surface area contributed by atoms with Gasteiger partial charge in [0.1, 0.15) is 11.2 Å². The molecular weight excluding hydrogens is 524 g/mol. The van der Waals surface area contributed by atoms with Crippen LogP contribution < -0.4 is 10.6 Å². The summed E-state index contributed by atoms with van der Waals surface area (Å²) in [4.78, 5) is 29.1. The van der Waals surface area contributed by atoms with Gasteiger partial charge < -0.3 is 25.0 Å². The number of fused-ring (bicyclic) bond motifs is 2. The van der Waals surface area contributed by atoms with Gasteiger partial charge in [-0.1, -0.05) is 48.5 Å². The Kier molecular flexibility index (Phi) is 7.60. The summed E-state index contributed by atoms with van der Waals surface area (Å²) in [5.74, 6) is -1.05. The minimum absolute atomic E-state index is 0.115. The molecule has 2 aliphatic rings. The number of nitrogens with zero attached hydrogens (tertiary/aromatic N) is 2. The second kappa shape index (κ2) is 11.4. The summed E-state index contributed by atoms with van der Waals surface area (Å²) in [5, 5.41) is 18.2.